The van der Waals surface area contributed by atoms with Gasteiger partial charge >= 0.3 is 6.09 Å². The van der Waals surface area contributed by atoms with Crippen LogP contribution in [0, 0.1) is 6.92 Å². The predicted octanol–water partition coefficient (Wildman–Crippen LogP) is 5.39. The van der Waals surface area contributed by atoms with Crippen molar-refractivity contribution < 1.29 is 29.0 Å². The molecule has 0 saturated carbocycles. The van der Waals surface area contributed by atoms with Crippen molar-refractivity contribution in [3.8, 4) is 5.75 Å². The molecule has 0 aliphatic heterocycles. The first-order valence-electron chi connectivity index (χ1n) is 15.4. The number of primary amides is 1. The summed E-state index contributed by atoms with van der Waals surface area (Å²) in [5, 5.41) is 15.9. The number of unbranched alkanes of at least 4 members (excludes halogenated alkanes) is 5. The summed E-state index contributed by atoms with van der Waals surface area (Å²) in [4.78, 5) is 54.1. The molecule has 0 heterocycles. The summed E-state index contributed by atoms with van der Waals surface area (Å²) in [5.41, 5.74) is 5.71. The average Bonchev–Trinajstić information content (AvgIpc) is 2.88. The second-order valence-electron chi connectivity index (χ2n) is 12.1. The molecule has 1 rings (SSSR count). The summed E-state index contributed by atoms with van der Waals surface area (Å²) in [6, 6.07) is 2.55. The fourth-order valence-electron chi connectivity index (χ4n) is 4.77. The Hall–Kier alpha value is -3.30. The van der Waals surface area contributed by atoms with Gasteiger partial charge in [0.1, 0.15) is 23.4 Å². The summed E-state index contributed by atoms with van der Waals surface area (Å²) >= 11 is 0. The van der Waals surface area contributed by atoms with Crippen LogP contribution in [0.3, 0.4) is 0 Å². The van der Waals surface area contributed by atoms with Crippen LogP contribution in [-0.2, 0) is 19.1 Å². The fourth-order valence-corrected chi connectivity index (χ4v) is 4.77. The number of phenols is 1. The molecule has 42 heavy (non-hydrogen) atoms. The van der Waals surface area contributed by atoms with Gasteiger partial charge in [-0.15, -0.1) is 0 Å². The van der Waals surface area contributed by atoms with E-state index in [1.54, 1.807) is 39.8 Å². The smallest absolute Gasteiger partial charge is 0.408 e. The van der Waals surface area contributed by atoms with Crippen LogP contribution in [0.1, 0.15) is 123 Å². The number of hydrogen-bond acceptors (Lipinski definition) is 6. The van der Waals surface area contributed by atoms with Crippen LogP contribution in [-0.4, -0.2) is 58.1 Å². The number of aromatic hydroxyl groups is 1. The number of carbonyl (C=O) groups excluding carboxylic acids is 4. The molecule has 10 heteroatoms. The maximum atomic E-state index is 14.3. The van der Waals surface area contributed by atoms with Gasteiger partial charge in [0, 0.05) is 19.0 Å². The summed E-state index contributed by atoms with van der Waals surface area (Å²) in [6.45, 7) is 13.2. The topological polar surface area (TPSA) is 151 Å². The van der Waals surface area contributed by atoms with Gasteiger partial charge in [-0.1, -0.05) is 58.4 Å². The van der Waals surface area contributed by atoms with Crippen molar-refractivity contribution in [2.24, 2.45) is 5.73 Å². The molecule has 0 aromatic heterocycles. The van der Waals surface area contributed by atoms with E-state index >= 15 is 0 Å². The molecular weight excluding hydrogens is 536 g/mol. The zero-order valence-corrected chi connectivity index (χ0v) is 26.8. The minimum absolute atomic E-state index is 0.0460. The van der Waals surface area contributed by atoms with Crippen molar-refractivity contribution >= 4 is 23.8 Å². The molecule has 5 N–H and O–H groups in total. The first-order chi connectivity index (χ1) is 19.7. The Bertz CT molecular complexity index is 1020. The van der Waals surface area contributed by atoms with Crippen LogP contribution in [0.25, 0.3) is 0 Å². The third-order valence-corrected chi connectivity index (χ3v) is 6.91. The van der Waals surface area contributed by atoms with E-state index < -0.39 is 35.6 Å². The molecule has 0 bridgehead atoms. The van der Waals surface area contributed by atoms with Crippen LogP contribution in [0.4, 0.5) is 4.79 Å². The number of hydrogen-bond donors (Lipinski definition) is 4. The second kappa shape index (κ2) is 18.3. The first kappa shape index (κ1) is 36.7. The minimum Gasteiger partial charge on any atom is -0.508 e. The van der Waals surface area contributed by atoms with Crippen molar-refractivity contribution in [2.45, 2.75) is 136 Å². The third-order valence-electron chi connectivity index (χ3n) is 6.91. The number of benzene rings is 1. The van der Waals surface area contributed by atoms with Crippen LogP contribution in [0.5, 0.6) is 5.75 Å². The molecule has 10 nitrogen and oxygen atoms in total. The fraction of sp³-hybridized carbons (Fsp3) is 0.688. The van der Waals surface area contributed by atoms with Crippen LogP contribution < -0.4 is 16.4 Å². The third kappa shape index (κ3) is 13.6. The summed E-state index contributed by atoms with van der Waals surface area (Å²) in [6.07, 6.45) is 6.49. The number of aryl methyl sites for hydroxylation is 1. The number of nitrogens with two attached hydrogens (primary N) is 1. The second-order valence-corrected chi connectivity index (χ2v) is 12.1. The normalized spacial score (nSPS) is 13.5. The van der Waals surface area contributed by atoms with Crippen LogP contribution in [0.2, 0.25) is 0 Å². The minimum atomic E-state index is -1.14. The molecule has 0 radical (unpaired) electrons. The van der Waals surface area contributed by atoms with E-state index in [2.05, 4.69) is 17.6 Å². The van der Waals surface area contributed by atoms with Gasteiger partial charge in [-0.2, -0.15) is 0 Å². The molecule has 4 amide bonds. The molecule has 0 aliphatic carbocycles. The number of alkyl carbamates (subject to hydrolysis) is 1. The highest BCUT2D eigenvalue weighted by Crippen LogP contribution is 2.28. The van der Waals surface area contributed by atoms with E-state index in [1.165, 1.54) is 11.0 Å². The lowest BCUT2D eigenvalue weighted by atomic mass is 9.98. The number of carbonyl (C=O) groups is 4. The average molecular weight is 591 g/mol. The summed E-state index contributed by atoms with van der Waals surface area (Å²) in [7, 11) is 0. The number of ether oxygens (including phenoxy) is 1. The summed E-state index contributed by atoms with van der Waals surface area (Å²) in [5.74, 6) is -1.40. The molecule has 3 unspecified atom stereocenters. The van der Waals surface area contributed by atoms with Crippen molar-refractivity contribution in [2.75, 3.05) is 6.54 Å². The van der Waals surface area contributed by atoms with E-state index in [1.807, 2.05) is 13.8 Å². The quantitative estimate of drug-likeness (QED) is 0.168. The highest BCUT2D eigenvalue weighted by Gasteiger charge is 2.36. The number of nitrogens with one attached hydrogen (secondary N) is 2. The standard InChI is InChI=1S/C32H54N4O6/c1-8-10-11-12-13-14-20-36(30(40)25(17-19-27(33)38)35-31(41)42-32(5,6)7)28(29(39)34-23(4)15-9-2)24-16-18-26(37)22(3)21-24/h16,18,21,23,25,28,37H,8-15,17,19-20H2,1-7H3,(H2,33,38)(H,34,39)(H,35,41). The van der Waals surface area contributed by atoms with Gasteiger partial charge in [0.15, 0.2) is 0 Å². The number of rotatable bonds is 18. The Morgan fingerprint density at radius 1 is 0.976 bits per heavy atom. The maximum absolute atomic E-state index is 14.3. The van der Waals surface area contributed by atoms with E-state index in [0.29, 0.717) is 17.5 Å². The van der Waals surface area contributed by atoms with Gasteiger partial charge in [0.25, 0.3) is 0 Å². The van der Waals surface area contributed by atoms with Gasteiger partial charge in [-0.05, 0) is 77.1 Å². The van der Waals surface area contributed by atoms with Gasteiger partial charge in [0.05, 0.1) is 0 Å². The molecule has 0 spiro atoms. The Kier molecular flexibility index (Phi) is 16.0. The summed E-state index contributed by atoms with van der Waals surface area (Å²) < 4.78 is 5.40. The van der Waals surface area contributed by atoms with E-state index in [4.69, 9.17) is 10.5 Å². The molecule has 1 aromatic carbocycles. The lowest BCUT2D eigenvalue weighted by Crippen LogP contribution is -2.54. The van der Waals surface area contributed by atoms with E-state index in [-0.39, 0.29) is 37.1 Å². The van der Waals surface area contributed by atoms with E-state index in [0.717, 1.165) is 44.9 Å². The SMILES string of the molecule is CCCCCCCCN(C(=O)C(CCC(N)=O)NC(=O)OC(C)(C)C)C(C(=O)NC(C)CCC)c1ccc(O)c(C)c1. The Morgan fingerprint density at radius 2 is 1.62 bits per heavy atom. The molecule has 1 aromatic rings. The maximum Gasteiger partial charge on any atom is 0.408 e. The zero-order chi connectivity index (χ0) is 31.9. The van der Waals surface area contributed by atoms with Gasteiger partial charge < -0.3 is 31.1 Å². The number of amides is 4. The van der Waals surface area contributed by atoms with Crippen LogP contribution in [0.15, 0.2) is 18.2 Å². The van der Waals surface area contributed by atoms with Crippen LogP contribution >= 0.6 is 0 Å². The van der Waals surface area contributed by atoms with E-state index in [9.17, 15) is 24.3 Å². The van der Waals surface area contributed by atoms with Gasteiger partial charge in [-0.3, -0.25) is 14.4 Å². The Morgan fingerprint density at radius 3 is 2.19 bits per heavy atom. The predicted molar refractivity (Wildman–Crippen MR) is 165 cm³/mol. The van der Waals surface area contributed by atoms with Gasteiger partial charge in [0.2, 0.25) is 17.7 Å². The lowest BCUT2D eigenvalue weighted by Gasteiger charge is -2.35. The molecule has 0 saturated heterocycles. The lowest BCUT2D eigenvalue weighted by molar-refractivity contribution is -0.143. The molecule has 0 aliphatic rings. The highest BCUT2D eigenvalue weighted by molar-refractivity contribution is 5.92. The van der Waals surface area contributed by atoms with Crippen molar-refractivity contribution in [3.63, 3.8) is 0 Å². The molecule has 0 fully saturated rings. The first-order valence-corrected chi connectivity index (χ1v) is 15.4. The number of nitrogens with zero attached hydrogens (tertiary/aromatic N) is 1. The largest absolute Gasteiger partial charge is 0.508 e. The van der Waals surface area contributed by atoms with Crippen molar-refractivity contribution in [1.29, 1.82) is 0 Å². The number of phenolic OH excluding ortho intramolecular Hbond substituents is 1. The Labute approximate surface area is 252 Å². The van der Waals surface area contributed by atoms with Crippen molar-refractivity contribution in [1.82, 2.24) is 15.5 Å². The molecule has 3 atom stereocenters. The molecule has 238 valence electrons. The Balaban J connectivity index is 3.55. The highest BCUT2D eigenvalue weighted by atomic mass is 16.6. The van der Waals surface area contributed by atoms with Crippen molar-refractivity contribution in [3.05, 3.63) is 29.3 Å². The molecular formula is C32H54N4O6. The monoisotopic (exact) mass is 590 g/mol. The zero-order valence-electron chi connectivity index (χ0n) is 26.8. The van der Waals surface area contributed by atoms with Gasteiger partial charge in [-0.25, -0.2) is 4.79 Å².